The van der Waals surface area contributed by atoms with E-state index in [2.05, 4.69) is 0 Å². The van der Waals surface area contributed by atoms with Gasteiger partial charge in [-0.1, -0.05) is 52.4 Å². The normalized spacial score (nSPS) is 39.3. The Hall–Kier alpha value is -0.270. The lowest BCUT2D eigenvalue weighted by Gasteiger charge is -2.50. The van der Waals surface area contributed by atoms with Gasteiger partial charge in [-0.15, -0.1) is 0 Å². The number of hydrogen-bond acceptors (Lipinski definition) is 3. The summed E-state index contributed by atoms with van der Waals surface area (Å²) in [6, 6.07) is 0. The zero-order valence-electron chi connectivity index (χ0n) is 26.7. The molecule has 0 saturated heterocycles. The van der Waals surface area contributed by atoms with Gasteiger partial charge in [-0.05, 0) is 95.3 Å². The molecular weight excluding hydrogens is 601 g/mol. The minimum Gasteiger partial charge on any atom is -0.374 e. The van der Waals surface area contributed by atoms with Gasteiger partial charge in [-0.25, -0.2) is 0 Å². The Labute approximate surface area is 260 Å². The maximum absolute atomic E-state index is 15.8. The standard InChI is InChI=1S/C34H55F6O3P/c1-22-13-16-29(27(19-22)33(35,36)37)42-24-15-18-31(43-30-17-14-23(2)20-28(30)34(38,39)40)32(21-24)44(41,25-9-5-3-6-10-25)26-11-7-4-8-12-26/h22-32H,3-21H2,1-2H3. The van der Waals surface area contributed by atoms with E-state index in [0.29, 0.717) is 44.9 Å². The lowest BCUT2D eigenvalue weighted by molar-refractivity contribution is -0.236. The number of hydrogen-bond donors (Lipinski definition) is 0. The summed E-state index contributed by atoms with van der Waals surface area (Å²) >= 11 is 0. The molecule has 9 unspecified atom stereocenters. The molecule has 0 aromatic carbocycles. The molecule has 5 aliphatic carbocycles. The summed E-state index contributed by atoms with van der Waals surface area (Å²) in [6.45, 7) is 3.72. The molecule has 0 heterocycles. The molecule has 5 rings (SSSR count). The fraction of sp³-hybridized carbons (Fsp3) is 1.00. The Morgan fingerprint density at radius 3 is 1.41 bits per heavy atom. The van der Waals surface area contributed by atoms with E-state index in [1.54, 1.807) is 0 Å². The van der Waals surface area contributed by atoms with Gasteiger partial charge in [0, 0.05) is 17.0 Å². The fourth-order valence-corrected chi connectivity index (χ4v) is 15.1. The van der Waals surface area contributed by atoms with Crippen molar-refractivity contribution in [3.63, 3.8) is 0 Å². The topological polar surface area (TPSA) is 35.5 Å². The first-order valence-electron chi connectivity index (χ1n) is 17.8. The second-order valence-electron chi connectivity index (χ2n) is 15.4. The molecule has 0 radical (unpaired) electrons. The van der Waals surface area contributed by atoms with Gasteiger partial charge in [0.1, 0.15) is 0 Å². The number of rotatable bonds is 7. The Morgan fingerprint density at radius 1 is 0.523 bits per heavy atom. The fourth-order valence-electron chi connectivity index (χ4n) is 9.79. The van der Waals surface area contributed by atoms with Gasteiger partial charge in [0.2, 0.25) is 0 Å². The van der Waals surface area contributed by atoms with E-state index in [-0.39, 0.29) is 36.0 Å². The molecule has 0 aliphatic heterocycles. The van der Waals surface area contributed by atoms with Crippen molar-refractivity contribution in [3.8, 4) is 0 Å². The van der Waals surface area contributed by atoms with Crippen molar-refractivity contribution in [1.29, 1.82) is 0 Å². The van der Waals surface area contributed by atoms with E-state index >= 15 is 4.57 Å². The van der Waals surface area contributed by atoms with E-state index in [9.17, 15) is 26.3 Å². The zero-order chi connectivity index (χ0) is 31.7. The lowest BCUT2D eigenvalue weighted by atomic mass is 9.79. The molecule has 5 aliphatic rings. The van der Waals surface area contributed by atoms with Crippen molar-refractivity contribution in [2.45, 2.75) is 190 Å². The van der Waals surface area contributed by atoms with Gasteiger partial charge in [0.15, 0.2) is 0 Å². The maximum Gasteiger partial charge on any atom is 0.394 e. The van der Waals surface area contributed by atoms with Crippen LogP contribution in [0.4, 0.5) is 26.3 Å². The molecule has 5 saturated carbocycles. The van der Waals surface area contributed by atoms with Crippen LogP contribution in [-0.2, 0) is 14.0 Å². The molecule has 5 fully saturated rings. The molecule has 10 heteroatoms. The van der Waals surface area contributed by atoms with E-state index in [4.69, 9.17) is 9.47 Å². The second-order valence-corrected chi connectivity index (χ2v) is 19.0. The minimum absolute atomic E-state index is 0.0176. The number of alkyl halides is 6. The Bertz CT molecular complexity index is 938. The summed E-state index contributed by atoms with van der Waals surface area (Å²) < 4.78 is 114. The Morgan fingerprint density at radius 2 is 0.955 bits per heavy atom. The smallest absolute Gasteiger partial charge is 0.374 e. The zero-order valence-corrected chi connectivity index (χ0v) is 27.6. The third-order valence-electron chi connectivity index (χ3n) is 12.2. The van der Waals surface area contributed by atoms with Gasteiger partial charge in [0.05, 0.1) is 43.4 Å². The first-order chi connectivity index (χ1) is 20.8. The van der Waals surface area contributed by atoms with Crippen LogP contribution in [0.3, 0.4) is 0 Å². The summed E-state index contributed by atoms with van der Waals surface area (Å²) in [5.41, 5.74) is -0.401. The summed E-state index contributed by atoms with van der Waals surface area (Å²) in [4.78, 5) is 0. The predicted octanol–water partition coefficient (Wildman–Crippen LogP) is 11.1. The molecule has 256 valence electrons. The summed E-state index contributed by atoms with van der Waals surface area (Å²) in [6.07, 6.45) is 1.34. The SMILES string of the molecule is CC1CCC(OC2CCC(OC3CCC(C)CC3C(F)(F)F)C(P(=O)(C3CCCCC3)C3CCCCC3)C2)C(C(F)(F)F)C1. The third kappa shape index (κ3) is 8.05. The molecule has 0 aromatic heterocycles. The van der Waals surface area contributed by atoms with Crippen molar-refractivity contribution >= 4 is 7.14 Å². The number of halogens is 6. The van der Waals surface area contributed by atoms with Gasteiger partial charge in [-0.3, -0.25) is 0 Å². The minimum atomic E-state index is -4.36. The second kappa shape index (κ2) is 14.5. The van der Waals surface area contributed by atoms with Crippen LogP contribution in [-0.4, -0.2) is 53.7 Å². The average Bonchev–Trinajstić information content (AvgIpc) is 2.99. The highest BCUT2D eigenvalue weighted by molar-refractivity contribution is 7.66. The average molecular weight is 657 g/mol. The quantitative estimate of drug-likeness (QED) is 0.202. The van der Waals surface area contributed by atoms with Crippen LogP contribution >= 0.6 is 7.14 Å². The van der Waals surface area contributed by atoms with Crippen molar-refractivity contribution in [1.82, 2.24) is 0 Å². The lowest BCUT2D eigenvalue weighted by Crippen LogP contribution is -2.49. The van der Waals surface area contributed by atoms with E-state index < -0.39 is 61.4 Å². The highest BCUT2D eigenvalue weighted by Crippen LogP contribution is 2.69. The molecule has 0 aromatic rings. The summed E-state index contributed by atoms with van der Waals surface area (Å²) in [5.74, 6) is -3.10. The molecule has 0 N–H and O–H groups in total. The molecular formula is C34H55F6O3P. The monoisotopic (exact) mass is 656 g/mol. The highest BCUT2D eigenvalue weighted by atomic mass is 31.2. The van der Waals surface area contributed by atoms with Gasteiger partial charge < -0.3 is 14.0 Å². The van der Waals surface area contributed by atoms with Gasteiger partial charge in [-0.2, -0.15) is 26.3 Å². The van der Waals surface area contributed by atoms with Crippen LogP contribution in [0.5, 0.6) is 0 Å². The van der Waals surface area contributed by atoms with Gasteiger partial charge >= 0.3 is 12.4 Å². The highest BCUT2D eigenvalue weighted by Gasteiger charge is 2.55. The third-order valence-corrected chi connectivity index (χ3v) is 17.1. The number of ether oxygens (including phenoxy) is 2. The van der Waals surface area contributed by atoms with E-state index in [1.807, 2.05) is 13.8 Å². The van der Waals surface area contributed by atoms with Crippen LogP contribution in [0.25, 0.3) is 0 Å². The first-order valence-corrected chi connectivity index (χ1v) is 19.7. The predicted molar refractivity (Wildman–Crippen MR) is 161 cm³/mol. The molecule has 0 amide bonds. The molecule has 9 atom stereocenters. The van der Waals surface area contributed by atoms with Crippen LogP contribution in [0.2, 0.25) is 0 Å². The van der Waals surface area contributed by atoms with Crippen LogP contribution < -0.4 is 0 Å². The molecule has 0 spiro atoms. The summed E-state index contributed by atoms with van der Waals surface area (Å²) in [5, 5.41) is 0. The van der Waals surface area contributed by atoms with Crippen molar-refractivity contribution in [2.75, 3.05) is 0 Å². The Balaban J connectivity index is 1.44. The molecule has 0 bridgehead atoms. The largest absolute Gasteiger partial charge is 0.394 e. The molecule has 44 heavy (non-hydrogen) atoms. The van der Waals surface area contributed by atoms with Crippen LogP contribution in [0.1, 0.15) is 136 Å². The van der Waals surface area contributed by atoms with E-state index in [0.717, 1.165) is 64.2 Å². The van der Waals surface area contributed by atoms with E-state index in [1.165, 1.54) is 0 Å². The van der Waals surface area contributed by atoms with Crippen molar-refractivity contribution in [3.05, 3.63) is 0 Å². The van der Waals surface area contributed by atoms with Crippen molar-refractivity contribution in [2.24, 2.45) is 23.7 Å². The maximum atomic E-state index is 15.8. The van der Waals surface area contributed by atoms with Gasteiger partial charge in [0.25, 0.3) is 0 Å². The molecule has 3 nitrogen and oxygen atoms in total. The van der Waals surface area contributed by atoms with Crippen LogP contribution in [0.15, 0.2) is 0 Å². The first kappa shape index (κ1) is 35.0. The Kier molecular flexibility index (Phi) is 11.5. The summed E-state index contributed by atoms with van der Waals surface area (Å²) in [7, 11) is -3.00. The van der Waals surface area contributed by atoms with Crippen LogP contribution in [0, 0.1) is 23.7 Å². The van der Waals surface area contributed by atoms with Crippen molar-refractivity contribution < 1.29 is 40.4 Å².